The minimum absolute atomic E-state index is 0.00904. The molecule has 0 saturated carbocycles. The van der Waals surface area contributed by atoms with Crippen LogP contribution < -0.4 is 10.6 Å². The lowest BCUT2D eigenvalue weighted by Crippen LogP contribution is -2.41. The molecule has 0 aliphatic rings. The summed E-state index contributed by atoms with van der Waals surface area (Å²) in [5, 5.41) is 15.1. The standard InChI is InChI=1S/C22H29N3O6S/c1-16(18-7-5-4-6-8-18)31-15-20(27)13-23-22(28)14-25(3)32(29,30)21-11-9-19(10-12-21)24-17(2)26/h4-12,16,20,27H,13-15H2,1-3H3,(H,23,28)(H,24,26)/t16-,20+/m1/s1. The first-order chi connectivity index (χ1) is 15.1. The number of rotatable bonds is 11. The highest BCUT2D eigenvalue weighted by Crippen LogP contribution is 2.18. The van der Waals surface area contributed by atoms with E-state index in [1.54, 1.807) is 0 Å². The van der Waals surface area contributed by atoms with Crippen molar-refractivity contribution in [3.8, 4) is 0 Å². The van der Waals surface area contributed by atoms with Gasteiger partial charge in [-0.3, -0.25) is 9.59 Å². The summed E-state index contributed by atoms with van der Waals surface area (Å²) in [6.45, 7) is 2.75. The molecule has 0 spiro atoms. The minimum Gasteiger partial charge on any atom is -0.389 e. The third-order valence-electron chi connectivity index (χ3n) is 4.59. The van der Waals surface area contributed by atoms with E-state index in [1.165, 1.54) is 38.2 Å². The summed E-state index contributed by atoms with van der Waals surface area (Å²) in [6, 6.07) is 15.2. The number of nitrogens with one attached hydrogen (secondary N) is 2. The molecule has 9 nitrogen and oxygen atoms in total. The fourth-order valence-corrected chi connectivity index (χ4v) is 3.93. The van der Waals surface area contributed by atoms with Gasteiger partial charge in [0, 0.05) is 26.2 Å². The van der Waals surface area contributed by atoms with Gasteiger partial charge in [-0.15, -0.1) is 0 Å². The Balaban J connectivity index is 1.80. The van der Waals surface area contributed by atoms with Gasteiger partial charge in [-0.25, -0.2) is 8.42 Å². The lowest BCUT2D eigenvalue weighted by Gasteiger charge is -2.19. The van der Waals surface area contributed by atoms with Gasteiger partial charge in [-0.2, -0.15) is 4.31 Å². The van der Waals surface area contributed by atoms with Gasteiger partial charge in [0.2, 0.25) is 21.8 Å². The molecule has 2 aromatic rings. The van der Waals surface area contributed by atoms with E-state index >= 15 is 0 Å². The molecular formula is C22H29N3O6S. The Morgan fingerprint density at radius 3 is 2.31 bits per heavy atom. The molecule has 0 unspecified atom stereocenters. The van der Waals surface area contributed by atoms with Crippen molar-refractivity contribution in [3.05, 3.63) is 60.2 Å². The second kappa shape index (κ2) is 11.7. The Bertz CT molecular complexity index is 996. The van der Waals surface area contributed by atoms with Crippen molar-refractivity contribution < 1.29 is 27.9 Å². The van der Waals surface area contributed by atoms with Crippen LogP contribution in [-0.2, 0) is 24.3 Å². The van der Waals surface area contributed by atoms with E-state index in [4.69, 9.17) is 4.74 Å². The number of ether oxygens (including phenoxy) is 1. The van der Waals surface area contributed by atoms with Crippen molar-refractivity contribution in [2.45, 2.75) is 31.0 Å². The molecule has 32 heavy (non-hydrogen) atoms. The number of benzene rings is 2. The van der Waals surface area contributed by atoms with Gasteiger partial charge in [0.15, 0.2) is 0 Å². The molecule has 0 radical (unpaired) electrons. The topological polar surface area (TPSA) is 125 Å². The van der Waals surface area contributed by atoms with Gasteiger partial charge < -0.3 is 20.5 Å². The third-order valence-corrected chi connectivity index (χ3v) is 6.41. The molecule has 0 aliphatic carbocycles. The average Bonchev–Trinajstić information content (AvgIpc) is 2.76. The van der Waals surface area contributed by atoms with Gasteiger partial charge in [0.05, 0.1) is 30.3 Å². The molecule has 2 atom stereocenters. The summed E-state index contributed by atoms with van der Waals surface area (Å²) in [5.41, 5.74) is 1.44. The number of hydrogen-bond donors (Lipinski definition) is 3. The number of carbonyl (C=O) groups excluding carboxylic acids is 2. The highest BCUT2D eigenvalue weighted by molar-refractivity contribution is 7.89. The number of hydrogen-bond acceptors (Lipinski definition) is 6. The van der Waals surface area contributed by atoms with Crippen LogP contribution in [0.2, 0.25) is 0 Å². The summed E-state index contributed by atoms with van der Waals surface area (Å²) in [4.78, 5) is 23.2. The monoisotopic (exact) mass is 463 g/mol. The van der Waals surface area contributed by atoms with Crippen LogP contribution in [-0.4, -0.2) is 62.5 Å². The summed E-state index contributed by atoms with van der Waals surface area (Å²) in [7, 11) is -2.61. The second-order valence-electron chi connectivity index (χ2n) is 7.31. The third kappa shape index (κ3) is 7.72. The normalized spacial score (nSPS) is 13.4. The summed E-state index contributed by atoms with van der Waals surface area (Å²) >= 11 is 0. The molecule has 0 heterocycles. The number of anilines is 1. The zero-order valence-corrected chi connectivity index (χ0v) is 19.1. The maximum absolute atomic E-state index is 12.6. The summed E-state index contributed by atoms with van der Waals surface area (Å²) in [5.74, 6) is -0.822. The average molecular weight is 464 g/mol. The Labute approximate surface area is 188 Å². The minimum atomic E-state index is -3.90. The summed E-state index contributed by atoms with van der Waals surface area (Å²) in [6.07, 6.45) is -1.15. The largest absolute Gasteiger partial charge is 0.389 e. The van der Waals surface area contributed by atoms with Crippen molar-refractivity contribution in [3.63, 3.8) is 0 Å². The zero-order chi connectivity index (χ0) is 23.7. The van der Waals surface area contributed by atoms with E-state index < -0.39 is 28.6 Å². The molecule has 10 heteroatoms. The SMILES string of the molecule is CC(=O)Nc1ccc(S(=O)(=O)N(C)CC(=O)NC[C@H](O)CO[C@H](C)c2ccccc2)cc1. The number of likely N-dealkylation sites (N-methyl/N-ethyl adjacent to an activating group) is 1. The van der Waals surface area contributed by atoms with Crippen molar-refractivity contribution in [1.82, 2.24) is 9.62 Å². The van der Waals surface area contributed by atoms with Gasteiger partial charge >= 0.3 is 0 Å². The molecule has 0 fully saturated rings. The van der Waals surface area contributed by atoms with E-state index in [0.717, 1.165) is 9.87 Å². The first-order valence-electron chi connectivity index (χ1n) is 10.0. The number of aliphatic hydroxyl groups is 1. The molecule has 0 aliphatic heterocycles. The van der Waals surface area contributed by atoms with Crippen molar-refractivity contribution in [1.29, 1.82) is 0 Å². The van der Waals surface area contributed by atoms with Crippen LogP contribution in [0.5, 0.6) is 0 Å². The summed E-state index contributed by atoms with van der Waals surface area (Å²) < 4.78 is 31.8. The number of sulfonamides is 1. The molecule has 0 saturated heterocycles. The smallest absolute Gasteiger partial charge is 0.243 e. The van der Waals surface area contributed by atoms with E-state index in [2.05, 4.69) is 10.6 Å². The highest BCUT2D eigenvalue weighted by Gasteiger charge is 2.23. The molecule has 3 N–H and O–H groups in total. The Morgan fingerprint density at radius 1 is 1.09 bits per heavy atom. The van der Waals surface area contributed by atoms with E-state index in [9.17, 15) is 23.1 Å². The van der Waals surface area contributed by atoms with Gasteiger partial charge in [0.25, 0.3) is 0 Å². The number of carbonyl (C=O) groups is 2. The van der Waals surface area contributed by atoms with Gasteiger partial charge in [-0.1, -0.05) is 30.3 Å². The fraction of sp³-hybridized carbons (Fsp3) is 0.364. The van der Waals surface area contributed by atoms with E-state index in [0.29, 0.717) is 5.69 Å². The first-order valence-corrected chi connectivity index (χ1v) is 11.5. The maximum Gasteiger partial charge on any atom is 0.243 e. The Kier molecular flexibility index (Phi) is 9.33. The van der Waals surface area contributed by atoms with Crippen LogP contribution >= 0.6 is 0 Å². The fourth-order valence-electron chi connectivity index (χ4n) is 2.80. The first kappa shape index (κ1) is 25.5. The van der Waals surface area contributed by atoms with Crippen LogP contribution in [0.25, 0.3) is 0 Å². The zero-order valence-electron chi connectivity index (χ0n) is 18.3. The number of amides is 2. The Hall–Kier alpha value is -2.79. The second-order valence-corrected chi connectivity index (χ2v) is 9.36. The van der Waals surface area contributed by atoms with Gasteiger partial charge in [0.1, 0.15) is 0 Å². The lowest BCUT2D eigenvalue weighted by molar-refractivity contribution is -0.122. The van der Waals surface area contributed by atoms with Crippen molar-refractivity contribution in [2.75, 3.05) is 32.1 Å². The van der Waals surface area contributed by atoms with E-state index in [1.807, 2.05) is 37.3 Å². The molecule has 0 bridgehead atoms. The molecule has 2 aromatic carbocycles. The van der Waals surface area contributed by atoms with E-state index in [-0.39, 0.29) is 30.1 Å². The molecule has 2 amide bonds. The van der Waals surface area contributed by atoms with Crippen LogP contribution in [0.15, 0.2) is 59.5 Å². The van der Waals surface area contributed by atoms with Crippen LogP contribution in [0.4, 0.5) is 5.69 Å². The predicted octanol–water partition coefficient (Wildman–Crippen LogP) is 1.52. The molecule has 174 valence electrons. The number of aliphatic hydroxyl groups excluding tert-OH is 1. The maximum atomic E-state index is 12.6. The molecular weight excluding hydrogens is 434 g/mol. The van der Waals surface area contributed by atoms with Crippen molar-refractivity contribution >= 4 is 27.5 Å². The molecule has 0 aromatic heterocycles. The quantitative estimate of drug-likeness (QED) is 0.464. The van der Waals surface area contributed by atoms with Gasteiger partial charge in [-0.05, 0) is 36.8 Å². The van der Waals surface area contributed by atoms with Crippen LogP contribution in [0.1, 0.15) is 25.5 Å². The Morgan fingerprint density at radius 2 is 1.72 bits per heavy atom. The van der Waals surface area contributed by atoms with Crippen LogP contribution in [0.3, 0.4) is 0 Å². The van der Waals surface area contributed by atoms with Crippen LogP contribution in [0, 0.1) is 0 Å². The number of nitrogens with zero attached hydrogens (tertiary/aromatic N) is 1. The predicted molar refractivity (Wildman–Crippen MR) is 120 cm³/mol. The highest BCUT2D eigenvalue weighted by atomic mass is 32.2. The molecule has 2 rings (SSSR count). The lowest BCUT2D eigenvalue weighted by atomic mass is 10.1. The van der Waals surface area contributed by atoms with Crippen molar-refractivity contribution in [2.24, 2.45) is 0 Å².